The van der Waals surface area contributed by atoms with Crippen molar-refractivity contribution < 1.29 is 0 Å². The summed E-state index contributed by atoms with van der Waals surface area (Å²) in [5.41, 5.74) is 3.50. The van der Waals surface area contributed by atoms with E-state index in [1.807, 2.05) is 37.5 Å². The average molecular weight is 168 g/mol. The van der Waals surface area contributed by atoms with Crippen molar-refractivity contribution >= 4 is 0 Å². The van der Waals surface area contributed by atoms with Gasteiger partial charge in [-0.2, -0.15) is 0 Å². The summed E-state index contributed by atoms with van der Waals surface area (Å²) in [6, 6.07) is 13.1. The summed E-state index contributed by atoms with van der Waals surface area (Å²) >= 11 is 0. The van der Waals surface area contributed by atoms with Gasteiger partial charge in [0, 0.05) is 18.0 Å². The van der Waals surface area contributed by atoms with Gasteiger partial charge in [-0.15, -0.1) is 0 Å². The Morgan fingerprint density at radius 2 is 2.15 bits per heavy atom. The van der Waals surface area contributed by atoms with Gasteiger partial charge in [0.05, 0.1) is 0 Å². The lowest BCUT2D eigenvalue weighted by atomic mass is 10.1. The zero-order valence-corrected chi connectivity index (χ0v) is 7.49. The number of hydrogen-bond donors (Lipinski definition) is 0. The maximum absolute atomic E-state index is 4.15. The molecule has 0 bridgehead atoms. The van der Waals surface area contributed by atoms with Crippen LogP contribution in [0.3, 0.4) is 0 Å². The molecule has 1 heterocycles. The third-order valence-corrected chi connectivity index (χ3v) is 1.92. The molecule has 0 saturated carbocycles. The van der Waals surface area contributed by atoms with Crippen molar-refractivity contribution in [3.05, 3.63) is 54.4 Å². The summed E-state index contributed by atoms with van der Waals surface area (Å²) in [6.07, 6.45) is 3.73. The maximum atomic E-state index is 4.15. The second-order valence-electron chi connectivity index (χ2n) is 3.04. The van der Waals surface area contributed by atoms with E-state index in [1.165, 1.54) is 11.1 Å². The smallest absolute Gasteiger partial charge is 0.0346 e. The van der Waals surface area contributed by atoms with Crippen molar-refractivity contribution in [2.45, 2.75) is 6.92 Å². The van der Waals surface area contributed by atoms with Gasteiger partial charge in [0.1, 0.15) is 0 Å². The van der Waals surface area contributed by atoms with Crippen LogP contribution in [0.4, 0.5) is 0 Å². The van der Waals surface area contributed by atoms with Crippen LogP contribution in [0.1, 0.15) is 5.56 Å². The molecule has 0 N–H and O–H groups in total. The second kappa shape index (κ2) is 3.40. The van der Waals surface area contributed by atoms with Crippen molar-refractivity contribution in [1.82, 2.24) is 4.98 Å². The van der Waals surface area contributed by atoms with Crippen molar-refractivity contribution in [3.63, 3.8) is 0 Å². The van der Waals surface area contributed by atoms with E-state index in [-0.39, 0.29) is 0 Å². The van der Waals surface area contributed by atoms with Crippen LogP contribution in [0.25, 0.3) is 11.1 Å². The first-order chi connectivity index (χ1) is 6.36. The van der Waals surface area contributed by atoms with Gasteiger partial charge in [-0.3, -0.25) is 4.98 Å². The molecule has 1 radical (unpaired) electrons. The number of aromatic nitrogens is 1. The molecule has 0 atom stereocenters. The minimum Gasteiger partial charge on any atom is -0.264 e. The summed E-state index contributed by atoms with van der Waals surface area (Å²) in [7, 11) is 0. The molecule has 0 spiro atoms. The Kier molecular flexibility index (Phi) is 2.09. The van der Waals surface area contributed by atoms with Crippen molar-refractivity contribution in [3.8, 4) is 11.1 Å². The van der Waals surface area contributed by atoms with E-state index in [9.17, 15) is 0 Å². The van der Waals surface area contributed by atoms with Crippen LogP contribution in [0.2, 0.25) is 0 Å². The first kappa shape index (κ1) is 7.99. The number of nitrogens with zero attached hydrogens (tertiary/aromatic N) is 1. The van der Waals surface area contributed by atoms with Gasteiger partial charge in [-0.25, -0.2) is 0 Å². The van der Waals surface area contributed by atoms with E-state index < -0.39 is 0 Å². The van der Waals surface area contributed by atoms with E-state index in [0.717, 1.165) is 5.56 Å². The van der Waals surface area contributed by atoms with Crippen LogP contribution >= 0.6 is 0 Å². The molecule has 13 heavy (non-hydrogen) atoms. The standard InChI is InChI=1S/C12H10N/c1-10-7-12(9-13-8-10)11-5-3-2-4-6-11/h2-3,5-9H,1H3. The third-order valence-electron chi connectivity index (χ3n) is 1.92. The normalized spacial score (nSPS) is 9.92. The van der Waals surface area contributed by atoms with Crippen molar-refractivity contribution in [2.24, 2.45) is 0 Å². The molecule has 0 unspecified atom stereocenters. The molecule has 2 rings (SSSR count). The van der Waals surface area contributed by atoms with Crippen LogP contribution < -0.4 is 0 Å². The van der Waals surface area contributed by atoms with Gasteiger partial charge in [-0.05, 0) is 36.2 Å². The average Bonchev–Trinajstić information content (AvgIpc) is 2.19. The summed E-state index contributed by atoms with van der Waals surface area (Å²) < 4.78 is 0. The molecule has 1 nitrogen and oxygen atoms in total. The predicted octanol–water partition coefficient (Wildman–Crippen LogP) is 2.86. The van der Waals surface area contributed by atoms with Gasteiger partial charge in [0.15, 0.2) is 0 Å². The number of hydrogen-bond acceptors (Lipinski definition) is 1. The Bertz CT molecular complexity index is 393. The minimum absolute atomic E-state index is 1.15. The van der Waals surface area contributed by atoms with Gasteiger partial charge in [-0.1, -0.05) is 18.2 Å². The Morgan fingerprint density at radius 3 is 2.85 bits per heavy atom. The summed E-state index contributed by atoms with van der Waals surface area (Å²) in [5, 5.41) is 0. The van der Waals surface area contributed by atoms with Crippen LogP contribution in [0.5, 0.6) is 0 Å². The quantitative estimate of drug-likeness (QED) is 0.638. The fraction of sp³-hybridized carbons (Fsp3) is 0.0833. The molecule has 0 amide bonds. The largest absolute Gasteiger partial charge is 0.264 e. The van der Waals surface area contributed by atoms with Crippen molar-refractivity contribution in [2.75, 3.05) is 0 Å². The number of benzene rings is 1. The highest BCUT2D eigenvalue weighted by Gasteiger charge is 1.95. The Balaban J connectivity index is 2.48. The molecule has 1 aromatic heterocycles. The lowest BCUT2D eigenvalue weighted by molar-refractivity contribution is 1.27. The second-order valence-corrected chi connectivity index (χ2v) is 3.04. The number of rotatable bonds is 1. The van der Waals surface area contributed by atoms with Gasteiger partial charge >= 0.3 is 0 Å². The lowest BCUT2D eigenvalue weighted by Crippen LogP contribution is -1.81. The Morgan fingerprint density at radius 1 is 1.23 bits per heavy atom. The zero-order chi connectivity index (χ0) is 9.10. The summed E-state index contributed by atoms with van der Waals surface area (Å²) in [6.45, 7) is 2.04. The van der Waals surface area contributed by atoms with E-state index in [2.05, 4.69) is 23.2 Å². The summed E-state index contributed by atoms with van der Waals surface area (Å²) in [4.78, 5) is 4.15. The Labute approximate surface area is 78.1 Å². The van der Waals surface area contributed by atoms with E-state index >= 15 is 0 Å². The summed E-state index contributed by atoms with van der Waals surface area (Å²) in [5.74, 6) is 0. The monoisotopic (exact) mass is 168 g/mol. The van der Waals surface area contributed by atoms with Gasteiger partial charge < -0.3 is 0 Å². The van der Waals surface area contributed by atoms with E-state index in [0.29, 0.717) is 0 Å². The highest BCUT2D eigenvalue weighted by Crippen LogP contribution is 2.17. The highest BCUT2D eigenvalue weighted by atomic mass is 14.6. The maximum Gasteiger partial charge on any atom is 0.0346 e. The molecule has 0 fully saturated rings. The molecule has 0 saturated heterocycles. The lowest BCUT2D eigenvalue weighted by Gasteiger charge is -2.00. The SMILES string of the molecule is Cc1cncc(-c2c[c]ccc2)c1. The molecular formula is C12H10N. The molecule has 1 heteroatoms. The minimum atomic E-state index is 1.15. The Hall–Kier alpha value is -1.63. The van der Waals surface area contributed by atoms with Crippen LogP contribution in [-0.2, 0) is 0 Å². The van der Waals surface area contributed by atoms with Crippen LogP contribution in [0.15, 0.2) is 42.7 Å². The van der Waals surface area contributed by atoms with Gasteiger partial charge in [0.25, 0.3) is 0 Å². The first-order valence-electron chi connectivity index (χ1n) is 4.24. The van der Waals surface area contributed by atoms with Crippen LogP contribution in [0, 0.1) is 13.0 Å². The molecule has 63 valence electrons. The zero-order valence-electron chi connectivity index (χ0n) is 7.49. The molecule has 1 aromatic carbocycles. The van der Waals surface area contributed by atoms with Crippen molar-refractivity contribution in [1.29, 1.82) is 0 Å². The fourth-order valence-corrected chi connectivity index (χ4v) is 1.29. The topological polar surface area (TPSA) is 12.9 Å². The predicted molar refractivity (Wildman–Crippen MR) is 53.2 cm³/mol. The molecule has 0 aliphatic rings. The number of aryl methyl sites for hydroxylation is 1. The molecule has 2 aromatic rings. The first-order valence-corrected chi connectivity index (χ1v) is 4.24. The number of pyridine rings is 1. The molecule has 0 aliphatic heterocycles. The molecule has 0 aliphatic carbocycles. The van der Waals surface area contributed by atoms with E-state index in [4.69, 9.17) is 0 Å². The fourth-order valence-electron chi connectivity index (χ4n) is 1.29. The third kappa shape index (κ3) is 1.75. The molecular weight excluding hydrogens is 158 g/mol. The van der Waals surface area contributed by atoms with Gasteiger partial charge in [0.2, 0.25) is 0 Å². The van der Waals surface area contributed by atoms with E-state index in [1.54, 1.807) is 0 Å². The van der Waals surface area contributed by atoms with Crippen LogP contribution in [-0.4, -0.2) is 4.98 Å². The highest BCUT2D eigenvalue weighted by molar-refractivity contribution is 5.62.